The van der Waals surface area contributed by atoms with E-state index in [4.69, 9.17) is 4.74 Å². The number of nitrogens with one attached hydrogen (secondary N) is 1. The fraction of sp³-hybridized carbons (Fsp3) is 0.412. The first-order valence-electron chi connectivity index (χ1n) is 7.45. The Kier molecular flexibility index (Phi) is 5.14. The molecule has 1 heterocycles. The number of hydrogen-bond donors (Lipinski definition) is 1. The second-order valence-corrected chi connectivity index (χ2v) is 5.21. The maximum absolute atomic E-state index is 5.93. The van der Waals surface area contributed by atoms with Gasteiger partial charge in [-0.25, -0.2) is 9.97 Å². The highest BCUT2D eigenvalue weighted by molar-refractivity contribution is 5.73. The number of benzene rings is 1. The second-order valence-electron chi connectivity index (χ2n) is 5.21. The number of ether oxygens (including phenoxy) is 1. The molecule has 112 valence electrons. The third-order valence-corrected chi connectivity index (χ3v) is 3.19. The Morgan fingerprint density at radius 1 is 1.19 bits per heavy atom. The summed E-state index contributed by atoms with van der Waals surface area (Å²) in [4.78, 5) is 8.84. The van der Waals surface area contributed by atoms with Gasteiger partial charge in [0.05, 0.1) is 11.8 Å². The van der Waals surface area contributed by atoms with E-state index in [-0.39, 0.29) is 6.10 Å². The summed E-state index contributed by atoms with van der Waals surface area (Å²) in [5, 5.41) is 3.16. The van der Waals surface area contributed by atoms with Gasteiger partial charge in [-0.15, -0.1) is 0 Å². The van der Waals surface area contributed by atoms with Gasteiger partial charge in [0.15, 0.2) is 0 Å². The van der Waals surface area contributed by atoms with E-state index in [0.29, 0.717) is 0 Å². The van der Waals surface area contributed by atoms with Crippen LogP contribution in [0.2, 0.25) is 0 Å². The number of aromatic nitrogens is 2. The number of anilines is 1. The van der Waals surface area contributed by atoms with Crippen molar-refractivity contribution in [2.45, 2.75) is 39.7 Å². The number of nitrogens with zero attached hydrogens (tertiary/aromatic N) is 2. The van der Waals surface area contributed by atoms with Crippen molar-refractivity contribution < 1.29 is 4.74 Å². The summed E-state index contributed by atoms with van der Waals surface area (Å²) in [6.45, 7) is 6.22. The van der Waals surface area contributed by atoms with Gasteiger partial charge in [-0.3, -0.25) is 0 Å². The van der Waals surface area contributed by atoms with E-state index in [1.165, 1.54) is 0 Å². The Morgan fingerprint density at radius 3 is 2.62 bits per heavy atom. The number of rotatable bonds is 6. The fourth-order valence-electron chi connectivity index (χ4n) is 2.37. The van der Waals surface area contributed by atoms with Crippen LogP contribution >= 0.6 is 0 Å². The zero-order chi connectivity index (χ0) is 15.2. The van der Waals surface area contributed by atoms with Gasteiger partial charge in [-0.2, -0.15) is 0 Å². The van der Waals surface area contributed by atoms with Crippen LogP contribution in [0.5, 0.6) is 5.75 Å². The van der Waals surface area contributed by atoms with Crippen LogP contribution in [0.3, 0.4) is 0 Å². The SMILES string of the molecule is CCCc1c(NC)ncnc1-c1ccccc1OC(C)C. The van der Waals surface area contributed by atoms with Crippen LogP contribution < -0.4 is 10.1 Å². The minimum absolute atomic E-state index is 0.131. The van der Waals surface area contributed by atoms with Crippen molar-refractivity contribution in [3.8, 4) is 17.0 Å². The lowest BCUT2D eigenvalue weighted by molar-refractivity contribution is 0.243. The van der Waals surface area contributed by atoms with Gasteiger partial charge in [0.25, 0.3) is 0 Å². The lowest BCUT2D eigenvalue weighted by Crippen LogP contribution is -2.08. The molecule has 0 spiro atoms. The molecule has 0 saturated heterocycles. The largest absolute Gasteiger partial charge is 0.490 e. The molecule has 0 bridgehead atoms. The van der Waals surface area contributed by atoms with Crippen molar-refractivity contribution in [1.82, 2.24) is 9.97 Å². The normalized spacial score (nSPS) is 10.7. The van der Waals surface area contributed by atoms with Crippen molar-refractivity contribution in [3.63, 3.8) is 0 Å². The Labute approximate surface area is 126 Å². The smallest absolute Gasteiger partial charge is 0.132 e. The summed E-state index contributed by atoms with van der Waals surface area (Å²) in [6.07, 6.45) is 3.71. The molecule has 21 heavy (non-hydrogen) atoms. The molecule has 0 unspecified atom stereocenters. The molecule has 0 aliphatic carbocycles. The van der Waals surface area contributed by atoms with Gasteiger partial charge in [0.1, 0.15) is 17.9 Å². The van der Waals surface area contributed by atoms with Crippen LogP contribution in [0.15, 0.2) is 30.6 Å². The maximum Gasteiger partial charge on any atom is 0.132 e. The summed E-state index contributed by atoms with van der Waals surface area (Å²) in [7, 11) is 1.89. The molecule has 4 nitrogen and oxygen atoms in total. The summed E-state index contributed by atoms with van der Waals surface area (Å²) in [5.74, 6) is 1.76. The Balaban J connectivity index is 2.56. The van der Waals surface area contributed by atoms with Gasteiger partial charge < -0.3 is 10.1 Å². The van der Waals surface area contributed by atoms with E-state index in [1.807, 2.05) is 39.1 Å². The number of hydrogen-bond acceptors (Lipinski definition) is 4. The number of para-hydroxylation sites is 1. The van der Waals surface area contributed by atoms with Gasteiger partial charge in [0, 0.05) is 18.2 Å². The van der Waals surface area contributed by atoms with Crippen LogP contribution in [0.4, 0.5) is 5.82 Å². The molecule has 0 radical (unpaired) electrons. The van der Waals surface area contributed by atoms with Crippen molar-refractivity contribution in [1.29, 1.82) is 0 Å². The Bertz CT molecular complexity index is 596. The van der Waals surface area contributed by atoms with Gasteiger partial charge in [0.2, 0.25) is 0 Å². The Hall–Kier alpha value is -2.10. The predicted molar refractivity (Wildman–Crippen MR) is 86.8 cm³/mol. The molecule has 0 saturated carbocycles. The summed E-state index contributed by atoms with van der Waals surface area (Å²) >= 11 is 0. The average Bonchev–Trinajstić information content (AvgIpc) is 2.48. The molecule has 1 N–H and O–H groups in total. The van der Waals surface area contributed by atoms with E-state index < -0.39 is 0 Å². The highest BCUT2D eigenvalue weighted by Crippen LogP contribution is 2.33. The minimum atomic E-state index is 0.131. The molecule has 2 aromatic rings. The van der Waals surface area contributed by atoms with E-state index in [1.54, 1.807) is 6.33 Å². The highest BCUT2D eigenvalue weighted by atomic mass is 16.5. The third-order valence-electron chi connectivity index (χ3n) is 3.19. The lowest BCUT2D eigenvalue weighted by Gasteiger charge is -2.17. The first-order valence-corrected chi connectivity index (χ1v) is 7.45. The molecule has 0 aliphatic heterocycles. The fourth-order valence-corrected chi connectivity index (χ4v) is 2.37. The van der Waals surface area contributed by atoms with E-state index in [2.05, 4.69) is 28.3 Å². The quantitative estimate of drug-likeness (QED) is 0.873. The van der Waals surface area contributed by atoms with Gasteiger partial charge in [-0.05, 0) is 32.4 Å². The standard InChI is InChI=1S/C17H23N3O/c1-5-8-14-16(19-11-20-17(14)18-4)13-9-6-7-10-15(13)21-12(2)3/h6-7,9-12H,5,8H2,1-4H3,(H,18,19,20). The van der Waals surface area contributed by atoms with Crippen LogP contribution in [-0.2, 0) is 6.42 Å². The van der Waals surface area contributed by atoms with Crippen LogP contribution in [0.1, 0.15) is 32.8 Å². The molecule has 1 aromatic heterocycles. The molecule has 0 atom stereocenters. The van der Waals surface area contributed by atoms with Crippen LogP contribution in [-0.4, -0.2) is 23.1 Å². The zero-order valence-corrected chi connectivity index (χ0v) is 13.2. The van der Waals surface area contributed by atoms with Gasteiger partial charge >= 0.3 is 0 Å². The van der Waals surface area contributed by atoms with Crippen LogP contribution in [0, 0.1) is 0 Å². The molecular formula is C17H23N3O. The highest BCUT2D eigenvalue weighted by Gasteiger charge is 2.15. The second kappa shape index (κ2) is 7.07. The molecule has 0 fully saturated rings. The van der Waals surface area contributed by atoms with Crippen LogP contribution in [0.25, 0.3) is 11.3 Å². The van der Waals surface area contributed by atoms with E-state index >= 15 is 0 Å². The first-order chi connectivity index (χ1) is 10.2. The lowest BCUT2D eigenvalue weighted by atomic mass is 10.0. The molecule has 1 aromatic carbocycles. The van der Waals surface area contributed by atoms with Crippen molar-refractivity contribution in [3.05, 3.63) is 36.2 Å². The van der Waals surface area contributed by atoms with Crippen molar-refractivity contribution in [2.24, 2.45) is 0 Å². The molecule has 0 aliphatic rings. The summed E-state index contributed by atoms with van der Waals surface area (Å²) in [5.41, 5.74) is 3.11. The van der Waals surface area contributed by atoms with Crippen molar-refractivity contribution in [2.75, 3.05) is 12.4 Å². The minimum Gasteiger partial charge on any atom is -0.490 e. The predicted octanol–water partition coefficient (Wildman–Crippen LogP) is 3.93. The summed E-state index contributed by atoms with van der Waals surface area (Å²) < 4.78 is 5.93. The topological polar surface area (TPSA) is 47.0 Å². The average molecular weight is 285 g/mol. The molecule has 0 amide bonds. The third kappa shape index (κ3) is 3.51. The monoisotopic (exact) mass is 285 g/mol. The van der Waals surface area contributed by atoms with E-state index in [0.717, 1.165) is 41.2 Å². The Morgan fingerprint density at radius 2 is 1.95 bits per heavy atom. The molecular weight excluding hydrogens is 262 g/mol. The molecule has 4 heteroatoms. The van der Waals surface area contributed by atoms with Gasteiger partial charge in [-0.1, -0.05) is 25.5 Å². The van der Waals surface area contributed by atoms with Crippen molar-refractivity contribution >= 4 is 5.82 Å². The maximum atomic E-state index is 5.93. The first kappa shape index (κ1) is 15.3. The summed E-state index contributed by atoms with van der Waals surface area (Å²) in [6, 6.07) is 8.05. The van der Waals surface area contributed by atoms with E-state index in [9.17, 15) is 0 Å². The zero-order valence-electron chi connectivity index (χ0n) is 13.2. The molecule has 2 rings (SSSR count).